The number of ether oxygens (including phenoxy) is 1. The second-order valence-corrected chi connectivity index (χ2v) is 5.81. The number of rotatable bonds is 5. The number of urea groups is 1. The van der Waals surface area contributed by atoms with Gasteiger partial charge in [0, 0.05) is 50.9 Å². The number of hydrogen-bond acceptors (Lipinski definition) is 3. The molecule has 23 heavy (non-hydrogen) atoms. The highest BCUT2D eigenvalue weighted by Crippen LogP contribution is 2.27. The van der Waals surface area contributed by atoms with E-state index in [1.807, 2.05) is 42.3 Å². The van der Waals surface area contributed by atoms with Crippen molar-refractivity contribution in [3.05, 3.63) is 42.5 Å². The first-order valence-corrected chi connectivity index (χ1v) is 7.97. The average molecular weight is 317 g/mol. The van der Waals surface area contributed by atoms with Gasteiger partial charge in [-0.25, -0.2) is 4.79 Å². The molecule has 7 nitrogen and oxygen atoms in total. The summed E-state index contributed by atoms with van der Waals surface area (Å²) >= 11 is 0. The largest absolute Gasteiger partial charge is 0.371 e. The molecule has 0 radical (unpaired) electrons. The Hall–Kier alpha value is -2.28. The van der Waals surface area contributed by atoms with Crippen LogP contribution in [0.25, 0.3) is 0 Å². The highest BCUT2D eigenvalue weighted by molar-refractivity contribution is 5.74. The monoisotopic (exact) mass is 317 g/mol. The van der Waals surface area contributed by atoms with Crippen molar-refractivity contribution in [1.29, 1.82) is 0 Å². The van der Waals surface area contributed by atoms with Gasteiger partial charge in [0.15, 0.2) is 0 Å². The predicted octanol–water partition coefficient (Wildman–Crippen LogP) is 1.44. The van der Waals surface area contributed by atoms with Gasteiger partial charge in [0.2, 0.25) is 0 Å². The summed E-state index contributed by atoms with van der Waals surface area (Å²) in [7, 11) is 1.88. The van der Waals surface area contributed by atoms with Crippen LogP contribution < -0.4 is 10.6 Å². The minimum atomic E-state index is -0.151. The molecule has 2 N–H and O–H groups in total. The number of nitrogens with one attached hydrogen (secondary N) is 2. The zero-order valence-electron chi connectivity index (χ0n) is 13.3. The molecule has 1 saturated heterocycles. The number of amides is 2. The summed E-state index contributed by atoms with van der Waals surface area (Å²) in [6, 6.07) is 3.76. The Bertz CT molecular complexity index is 622. The highest BCUT2D eigenvalue weighted by Gasteiger charge is 2.29. The maximum absolute atomic E-state index is 12.1. The summed E-state index contributed by atoms with van der Waals surface area (Å²) in [5, 5.41) is 10.1. The fourth-order valence-corrected chi connectivity index (χ4v) is 2.88. The van der Waals surface area contributed by atoms with Crippen molar-refractivity contribution >= 4 is 6.03 Å². The highest BCUT2D eigenvalue weighted by atomic mass is 16.5. The third-order valence-electron chi connectivity index (χ3n) is 4.01. The van der Waals surface area contributed by atoms with Gasteiger partial charge in [-0.3, -0.25) is 4.68 Å². The lowest BCUT2D eigenvalue weighted by molar-refractivity contribution is -0.00745. The molecule has 124 valence electrons. The van der Waals surface area contributed by atoms with Gasteiger partial charge in [-0.2, -0.15) is 5.10 Å². The van der Waals surface area contributed by atoms with Gasteiger partial charge >= 0.3 is 6.03 Å². The van der Waals surface area contributed by atoms with Crippen LogP contribution in [0, 0.1) is 0 Å². The zero-order valence-corrected chi connectivity index (χ0v) is 13.3. The van der Waals surface area contributed by atoms with Crippen LogP contribution in [0.15, 0.2) is 36.9 Å². The number of carbonyl (C=O) groups is 1. The second kappa shape index (κ2) is 7.32. The topological polar surface area (TPSA) is 73.1 Å². The molecule has 7 heteroatoms. The van der Waals surface area contributed by atoms with Crippen LogP contribution in [0.1, 0.15) is 24.5 Å². The molecule has 0 spiro atoms. The molecule has 3 rings (SSSR count). The minimum Gasteiger partial charge on any atom is -0.371 e. The average Bonchev–Trinajstić information content (AvgIpc) is 3.19. The number of carbonyl (C=O) groups excluding carboxylic acids is 1. The van der Waals surface area contributed by atoms with E-state index < -0.39 is 0 Å². The third kappa shape index (κ3) is 4.13. The van der Waals surface area contributed by atoms with E-state index in [0.29, 0.717) is 13.2 Å². The van der Waals surface area contributed by atoms with Gasteiger partial charge in [0.05, 0.1) is 12.2 Å². The van der Waals surface area contributed by atoms with Gasteiger partial charge in [-0.1, -0.05) is 0 Å². The third-order valence-corrected chi connectivity index (χ3v) is 4.01. The van der Waals surface area contributed by atoms with Crippen LogP contribution in [0.5, 0.6) is 0 Å². The Morgan fingerprint density at radius 1 is 1.43 bits per heavy atom. The van der Waals surface area contributed by atoms with E-state index in [9.17, 15) is 4.79 Å². The molecular weight excluding hydrogens is 294 g/mol. The smallest absolute Gasteiger partial charge is 0.315 e. The van der Waals surface area contributed by atoms with Crippen LogP contribution in [-0.2, 0) is 18.3 Å². The van der Waals surface area contributed by atoms with Gasteiger partial charge in [0.1, 0.15) is 6.10 Å². The molecule has 2 amide bonds. The van der Waals surface area contributed by atoms with E-state index in [0.717, 1.165) is 24.9 Å². The molecular formula is C16H23N5O2. The minimum absolute atomic E-state index is 0.0282. The lowest BCUT2D eigenvalue weighted by Crippen LogP contribution is -2.47. The Labute approximate surface area is 135 Å². The molecule has 1 fully saturated rings. The van der Waals surface area contributed by atoms with E-state index >= 15 is 0 Å². The SMILES string of the molecule is Cn1cc([C@H]2OCCC[C@@H]2NC(=O)NCCn2cccc2)cn1. The summed E-state index contributed by atoms with van der Waals surface area (Å²) in [6.45, 7) is 2.06. The molecule has 3 heterocycles. The van der Waals surface area contributed by atoms with Gasteiger partial charge in [0.25, 0.3) is 0 Å². The molecule has 2 aromatic heterocycles. The zero-order chi connectivity index (χ0) is 16.1. The van der Waals surface area contributed by atoms with Crippen LogP contribution in [0.2, 0.25) is 0 Å². The first kappa shape index (κ1) is 15.6. The standard InChI is InChI=1S/C16H23N5O2/c1-20-12-13(11-18-20)15-14(5-4-10-23-15)19-16(22)17-6-9-21-7-2-3-8-21/h2-3,7-8,11-12,14-15H,4-6,9-10H2,1H3,(H2,17,19,22)/t14-,15+/m0/s1. The maximum atomic E-state index is 12.1. The molecule has 0 saturated carbocycles. The second-order valence-electron chi connectivity index (χ2n) is 5.81. The van der Waals surface area contributed by atoms with E-state index in [4.69, 9.17) is 4.74 Å². The molecule has 2 aromatic rings. The van der Waals surface area contributed by atoms with Crippen LogP contribution in [0.4, 0.5) is 4.79 Å². The summed E-state index contributed by atoms with van der Waals surface area (Å²) in [5.74, 6) is 0. The normalized spacial score (nSPS) is 21.1. The number of nitrogens with zero attached hydrogens (tertiary/aromatic N) is 3. The van der Waals surface area contributed by atoms with E-state index in [-0.39, 0.29) is 18.2 Å². The molecule has 2 atom stereocenters. The molecule has 0 unspecified atom stereocenters. The number of hydrogen-bond donors (Lipinski definition) is 2. The predicted molar refractivity (Wildman–Crippen MR) is 85.9 cm³/mol. The van der Waals surface area contributed by atoms with Gasteiger partial charge < -0.3 is 19.9 Å². The van der Waals surface area contributed by atoms with Crippen molar-refractivity contribution in [3.8, 4) is 0 Å². The fourth-order valence-electron chi connectivity index (χ4n) is 2.88. The molecule has 0 aromatic carbocycles. The summed E-state index contributed by atoms with van der Waals surface area (Å²) in [5.41, 5.74) is 1.00. The Balaban J connectivity index is 1.51. The lowest BCUT2D eigenvalue weighted by atomic mass is 9.98. The van der Waals surface area contributed by atoms with Crippen molar-refractivity contribution in [2.24, 2.45) is 7.05 Å². The van der Waals surface area contributed by atoms with Crippen molar-refractivity contribution < 1.29 is 9.53 Å². The lowest BCUT2D eigenvalue weighted by Gasteiger charge is -2.31. The van der Waals surface area contributed by atoms with Crippen molar-refractivity contribution in [2.75, 3.05) is 13.2 Å². The molecule has 0 bridgehead atoms. The fraction of sp³-hybridized carbons (Fsp3) is 0.500. The first-order valence-electron chi connectivity index (χ1n) is 7.97. The van der Waals surface area contributed by atoms with Crippen LogP contribution >= 0.6 is 0 Å². The van der Waals surface area contributed by atoms with E-state index in [2.05, 4.69) is 15.7 Å². The number of aryl methyl sites for hydroxylation is 1. The van der Waals surface area contributed by atoms with Crippen LogP contribution in [0.3, 0.4) is 0 Å². The quantitative estimate of drug-likeness (QED) is 0.876. The number of aromatic nitrogens is 3. The Kier molecular flexibility index (Phi) is 4.97. The van der Waals surface area contributed by atoms with Gasteiger partial charge in [-0.05, 0) is 25.0 Å². The van der Waals surface area contributed by atoms with E-state index in [1.165, 1.54) is 0 Å². The van der Waals surface area contributed by atoms with Crippen molar-refractivity contribution in [1.82, 2.24) is 25.0 Å². The summed E-state index contributed by atoms with van der Waals surface area (Å²) in [4.78, 5) is 12.1. The van der Waals surface area contributed by atoms with E-state index in [1.54, 1.807) is 10.9 Å². The summed E-state index contributed by atoms with van der Waals surface area (Å²) in [6.07, 6.45) is 9.42. The van der Waals surface area contributed by atoms with Gasteiger partial charge in [-0.15, -0.1) is 0 Å². The Morgan fingerprint density at radius 3 is 3.00 bits per heavy atom. The Morgan fingerprint density at radius 2 is 2.26 bits per heavy atom. The van der Waals surface area contributed by atoms with Crippen molar-refractivity contribution in [2.45, 2.75) is 31.5 Å². The molecule has 1 aliphatic heterocycles. The summed E-state index contributed by atoms with van der Waals surface area (Å²) < 4.78 is 9.64. The molecule has 0 aliphatic carbocycles. The molecule has 1 aliphatic rings. The maximum Gasteiger partial charge on any atom is 0.315 e. The first-order chi connectivity index (χ1) is 11.2. The van der Waals surface area contributed by atoms with Crippen LogP contribution in [-0.4, -0.2) is 39.6 Å². The van der Waals surface area contributed by atoms with Crippen molar-refractivity contribution in [3.63, 3.8) is 0 Å².